The number of ether oxygens (including phenoxy) is 2. The van der Waals surface area contributed by atoms with Gasteiger partial charge < -0.3 is 30.5 Å². The lowest BCUT2D eigenvalue weighted by atomic mass is 10.0. The second kappa shape index (κ2) is 21.1. The molecule has 0 aliphatic heterocycles. The van der Waals surface area contributed by atoms with E-state index in [1.807, 2.05) is 19.1 Å². The lowest BCUT2D eigenvalue weighted by Gasteiger charge is -2.15. The number of rotatable bonds is 15. The largest absolute Gasteiger partial charge is 0.478 e. The van der Waals surface area contributed by atoms with Gasteiger partial charge in [-0.3, -0.25) is 13.6 Å². The van der Waals surface area contributed by atoms with E-state index >= 15 is 0 Å². The third-order valence-electron chi connectivity index (χ3n) is 12.3. The van der Waals surface area contributed by atoms with Crippen molar-refractivity contribution in [2.45, 2.75) is 72.3 Å². The molecule has 1 aliphatic carbocycles. The predicted octanol–water partition coefficient (Wildman–Crippen LogP) is 13.7. The molecule has 9 rings (SSSR count). The number of carbonyl (C=O) groups excluding carboxylic acids is 1. The zero-order valence-corrected chi connectivity index (χ0v) is 40.5. The summed E-state index contributed by atoms with van der Waals surface area (Å²) in [7, 11) is 0. The summed E-state index contributed by atoms with van der Waals surface area (Å²) >= 11 is 0. The minimum atomic E-state index is -4.33. The molecule has 2 atom stereocenters. The molecule has 4 heterocycles. The molecule has 1 aliphatic rings. The van der Waals surface area contributed by atoms with Gasteiger partial charge in [0.15, 0.2) is 11.3 Å². The van der Waals surface area contributed by atoms with E-state index < -0.39 is 42.8 Å². The summed E-state index contributed by atoms with van der Waals surface area (Å²) in [6.45, 7) is 8.38. The number of alkyl halides is 6. The Labute approximate surface area is 419 Å². The lowest BCUT2D eigenvalue weighted by molar-refractivity contribution is -0.132. The molecule has 4 aromatic carbocycles. The topological polar surface area (TPSA) is 144 Å². The monoisotopic (exact) mass is 1030 g/mol. The van der Waals surface area contributed by atoms with Crippen molar-refractivity contribution in [1.82, 2.24) is 24.1 Å². The molecule has 74 heavy (non-hydrogen) atoms. The van der Waals surface area contributed by atoms with Gasteiger partial charge >= 0.3 is 18.3 Å². The van der Waals surface area contributed by atoms with Crippen LogP contribution in [0.4, 0.5) is 46.5 Å². The number of aromatic nitrogens is 4. The van der Waals surface area contributed by atoms with Gasteiger partial charge in [0.25, 0.3) is 5.91 Å². The van der Waals surface area contributed by atoms with E-state index in [4.69, 9.17) is 9.47 Å². The summed E-state index contributed by atoms with van der Waals surface area (Å²) in [5.41, 5.74) is 7.43. The number of hydrogen-bond donors (Lipinski definition) is 4. The number of anilines is 2. The van der Waals surface area contributed by atoms with Gasteiger partial charge in [0.05, 0.1) is 66.0 Å². The van der Waals surface area contributed by atoms with Gasteiger partial charge in [0.1, 0.15) is 34.6 Å². The van der Waals surface area contributed by atoms with Gasteiger partial charge in [-0.1, -0.05) is 31.2 Å². The van der Waals surface area contributed by atoms with E-state index in [0.29, 0.717) is 67.8 Å². The summed E-state index contributed by atoms with van der Waals surface area (Å²) in [4.78, 5) is 32.9. The van der Waals surface area contributed by atoms with Gasteiger partial charge in [-0.2, -0.15) is 26.3 Å². The number of fused-ring (bicyclic) bond motifs is 2. The second-order valence-electron chi connectivity index (χ2n) is 18.1. The van der Waals surface area contributed by atoms with E-state index in [2.05, 4.69) is 32.8 Å². The Bertz CT molecular complexity index is 3410. The first kappa shape index (κ1) is 52.2. The Morgan fingerprint density at radius 3 is 1.46 bits per heavy atom. The number of aryl methyl sites for hydroxylation is 4. The van der Waals surface area contributed by atoms with Crippen LogP contribution < -0.4 is 25.4 Å². The number of carboxylic acid groups (broad SMARTS) is 1. The maximum atomic E-state index is 13.9. The highest BCUT2D eigenvalue weighted by Crippen LogP contribution is 2.36. The van der Waals surface area contributed by atoms with Crippen LogP contribution >= 0.6 is 0 Å². The van der Waals surface area contributed by atoms with Crippen LogP contribution in [-0.2, 0) is 0 Å². The van der Waals surface area contributed by atoms with Gasteiger partial charge in [-0.15, -0.1) is 0 Å². The number of pyridine rings is 2. The maximum absolute atomic E-state index is 13.9. The van der Waals surface area contributed by atoms with Crippen LogP contribution in [-0.4, -0.2) is 67.2 Å². The van der Waals surface area contributed by atoms with Crippen molar-refractivity contribution in [3.8, 4) is 45.5 Å². The van der Waals surface area contributed by atoms with Crippen molar-refractivity contribution in [3.05, 3.63) is 155 Å². The highest BCUT2D eigenvalue weighted by Gasteiger charge is 2.34. The van der Waals surface area contributed by atoms with Crippen LogP contribution in [0.2, 0.25) is 0 Å². The number of benzene rings is 4. The number of nitrogens with one attached hydrogen (secondary N) is 3. The third-order valence-corrected chi connectivity index (χ3v) is 12.3. The fourth-order valence-corrected chi connectivity index (χ4v) is 8.13. The van der Waals surface area contributed by atoms with Crippen molar-refractivity contribution >= 4 is 34.5 Å². The van der Waals surface area contributed by atoms with Crippen molar-refractivity contribution in [1.29, 1.82) is 0 Å². The molecule has 1 saturated carbocycles. The van der Waals surface area contributed by atoms with Gasteiger partial charge in [0.2, 0.25) is 0 Å². The molecule has 0 bridgehead atoms. The highest BCUT2D eigenvalue weighted by molar-refractivity contribution is 5.96. The van der Waals surface area contributed by atoms with Crippen molar-refractivity contribution in [2.24, 2.45) is 5.92 Å². The molecule has 0 saturated heterocycles. The van der Waals surface area contributed by atoms with E-state index in [1.165, 1.54) is 42.6 Å². The summed E-state index contributed by atoms with van der Waals surface area (Å²) in [6.07, 6.45) is -3.35. The standard InChI is InChI=1S/C29H28F4N4O2.C25H21F4N3O3/c1-16-4-6-20(30)12-26(16)39-21-13-24(34-9-8-29(31,32)33)27-35-14-25(37(27)15-21)19-5-7-22(17(2)10-19)28(38)36-23-11-18(23)3;1-14-3-5-17(26)10-22(14)35-18-11-20(30-8-7-25(27,28)29)23-31-12-21(32(23)13-18)16-4-6-19(24(33)34)15(2)9-16/h4-7,10,12-15,18,23,34H,8-9,11H2,1-3H3,(H,36,38);3-6,9-13,30H,7-8H2,1-2H3,(H,33,34)/t18-,23-;/m1./s1. The zero-order valence-electron chi connectivity index (χ0n) is 40.5. The van der Waals surface area contributed by atoms with Crippen LogP contribution in [0.3, 0.4) is 0 Å². The normalized spacial score (nSPS) is 14.3. The molecule has 8 aromatic rings. The Hall–Kier alpha value is -8.16. The Kier molecular flexibility index (Phi) is 14.9. The van der Waals surface area contributed by atoms with Gasteiger partial charge in [0, 0.05) is 60.1 Å². The quantitative estimate of drug-likeness (QED) is 0.0738. The SMILES string of the molecule is Cc1ccc(F)cc1Oc1cc(NCCC(F)(F)F)c2ncc(-c3ccc(C(=O)N[C@@H]4C[C@H]4C)c(C)c3)n2c1.Cc1ccc(F)cc1Oc1cc(NCCC(F)(F)F)c2ncc(-c3ccc(C(=O)O)c(C)c3)n2c1. The lowest BCUT2D eigenvalue weighted by Crippen LogP contribution is -2.27. The summed E-state index contributed by atoms with van der Waals surface area (Å²) in [5.74, 6) is -0.573. The Morgan fingerprint density at radius 1 is 0.635 bits per heavy atom. The fraction of sp³-hybridized carbons (Fsp3) is 0.259. The number of imidazole rings is 2. The first-order valence-electron chi connectivity index (χ1n) is 23.3. The number of carbonyl (C=O) groups is 2. The number of carboxylic acids is 1. The number of hydrogen-bond acceptors (Lipinski definition) is 8. The molecule has 0 unspecified atom stereocenters. The number of halogens is 8. The molecular weight excluding hydrogens is 979 g/mol. The molecule has 0 radical (unpaired) electrons. The average Bonchev–Trinajstić information content (AvgIpc) is 3.62. The van der Waals surface area contributed by atoms with Gasteiger partial charge in [-0.05, 0) is 98.7 Å². The van der Waals surface area contributed by atoms with E-state index in [0.717, 1.165) is 17.5 Å². The molecular formula is C54H49F8N7O5. The number of aromatic carboxylic acids is 1. The molecule has 4 N–H and O–H groups in total. The van der Waals surface area contributed by atoms with E-state index in [1.54, 1.807) is 84.6 Å². The molecule has 386 valence electrons. The number of nitrogens with zero attached hydrogens (tertiary/aromatic N) is 4. The molecule has 1 amide bonds. The van der Waals surface area contributed by atoms with Crippen LogP contribution in [0.15, 0.2) is 110 Å². The van der Waals surface area contributed by atoms with Crippen molar-refractivity contribution in [3.63, 3.8) is 0 Å². The first-order valence-corrected chi connectivity index (χ1v) is 23.3. The maximum Gasteiger partial charge on any atom is 0.390 e. The molecule has 12 nitrogen and oxygen atoms in total. The van der Waals surface area contributed by atoms with Crippen molar-refractivity contribution in [2.75, 3.05) is 23.7 Å². The van der Waals surface area contributed by atoms with Crippen LogP contribution in [0.1, 0.15) is 69.2 Å². The van der Waals surface area contributed by atoms with Crippen LogP contribution in [0.25, 0.3) is 33.8 Å². The number of amides is 1. The summed E-state index contributed by atoms with van der Waals surface area (Å²) in [5, 5.41) is 17.9. The molecule has 1 fully saturated rings. The van der Waals surface area contributed by atoms with E-state index in [9.17, 15) is 49.8 Å². The molecule has 20 heteroatoms. The molecule has 0 spiro atoms. The Morgan fingerprint density at radius 2 is 1.07 bits per heavy atom. The van der Waals surface area contributed by atoms with Gasteiger partial charge in [-0.25, -0.2) is 23.5 Å². The predicted molar refractivity (Wildman–Crippen MR) is 263 cm³/mol. The zero-order chi connectivity index (χ0) is 53.2. The van der Waals surface area contributed by atoms with Crippen LogP contribution in [0, 0.1) is 45.2 Å². The fourth-order valence-electron chi connectivity index (χ4n) is 8.13. The smallest absolute Gasteiger partial charge is 0.390 e. The summed E-state index contributed by atoms with van der Waals surface area (Å²) < 4.78 is 119. The molecule has 4 aromatic heterocycles. The summed E-state index contributed by atoms with van der Waals surface area (Å²) in [6, 6.07) is 21.7. The van der Waals surface area contributed by atoms with Crippen molar-refractivity contribution < 1.29 is 59.3 Å². The van der Waals surface area contributed by atoms with E-state index in [-0.39, 0.29) is 53.6 Å². The van der Waals surface area contributed by atoms with Crippen LogP contribution in [0.5, 0.6) is 23.0 Å². The highest BCUT2D eigenvalue weighted by atomic mass is 19.4. The minimum Gasteiger partial charge on any atom is -0.478 e. The Balaban J connectivity index is 0.000000198. The average molecular weight is 1030 g/mol. The third kappa shape index (κ3) is 12.5. The second-order valence-corrected chi connectivity index (χ2v) is 18.1. The minimum absolute atomic E-state index is 0.121. The first-order chi connectivity index (χ1) is 35.0.